The third-order valence-electron chi connectivity index (χ3n) is 3.01. The average molecular weight is 331 g/mol. The van der Waals surface area contributed by atoms with Gasteiger partial charge in [0.1, 0.15) is 22.4 Å². The van der Waals surface area contributed by atoms with Crippen LogP contribution in [0.1, 0.15) is 5.69 Å². The molecule has 0 unspecified atom stereocenters. The standard InChI is InChI=1S/C17H11F2NO2S/c18-12-3-1-11(2-4-12)17-20-14(10-23-17)9-16(21)22-15-7-5-13(19)6-8-15/h1-8,10H,9H2. The molecule has 23 heavy (non-hydrogen) atoms. The summed E-state index contributed by atoms with van der Waals surface area (Å²) in [6.45, 7) is 0. The number of nitrogens with zero attached hydrogens (tertiary/aromatic N) is 1. The smallest absolute Gasteiger partial charge is 0.317 e. The van der Waals surface area contributed by atoms with Gasteiger partial charge in [-0.2, -0.15) is 0 Å². The summed E-state index contributed by atoms with van der Waals surface area (Å²) in [5.74, 6) is -0.903. The Labute approximate surface area is 135 Å². The number of hydrogen-bond acceptors (Lipinski definition) is 4. The van der Waals surface area contributed by atoms with Crippen molar-refractivity contribution in [1.29, 1.82) is 0 Å². The maximum absolute atomic E-state index is 12.9. The zero-order chi connectivity index (χ0) is 16.2. The van der Waals surface area contributed by atoms with Gasteiger partial charge in [0, 0.05) is 10.9 Å². The van der Waals surface area contributed by atoms with Crippen LogP contribution < -0.4 is 4.74 Å². The molecule has 0 aliphatic carbocycles. The fourth-order valence-electron chi connectivity index (χ4n) is 1.93. The molecule has 0 saturated carbocycles. The van der Waals surface area contributed by atoms with E-state index in [1.165, 1.54) is 47.7 Å². The number of thiazole rings is 1. The summed E-state index contributed by atoms with van der Waals surface area (Å²) in [7, 11) is 0. The molecule has 116 valence electrons. The van der Waals surface area contributed by atoms with Crippen molar-refractivity contribution in [2.24, 2.45) is 0 Å². The predicted octanol–water partition coefficient (Wildman–Crippen LogP) is 4.24. The first-order chi connectivity index (χ1) is 11.1. The zero-order valence-corrected chi connectivity index (χ0v) is 12.6. The van der Waals surface area contributed by atoms with Gasteiger partial charge in [0.25, 0.3) is 0 Å². The van der Waals surface area contributed by atoms with Crippen molar-refractivity contribution in [3.8, 4) is 16.3 Å². The maximum atomic E-state index is 12.9. The van der Waals surface area contributed by atoms with Gasteiger partial charge in [0.05, 0.1) is 12.1 Å². The minimum atomic E-state index is -0.479. The Morgan fingerprint density at radius 1 is 1.00 bits per heavy atom. The Kier molecular flexibility index (Phi) is 4.43. The van der Waals surface area contributed by atoms with Gasteiger partial charge in [-0.3, -0.25) is 4.79 Å². The number of esters is 1. The van der Waals surface area contributed by atoms with Gasteiger partial charge in [0.15, 0.2) is 0 Å². The Bertz CT molecular complexity index is 813. The molecule has 1 heterocycles. The molecule has 0 radical (unpaired) electrons. The lowest BCUT2D eigenvalue weighted by Crippen LogP contribution is -2.11. The van der Waals surface area contributed by atoms with Crippen LogP contribution in [0.25, 0.3) is 10.6 Å². The first-order valence-corrected chi connectivity index (χ1v) is 7.65. The highest BCUT2D eigenvalue weighted by Gasteiger charge is 2.11. The van der Waals surface area contributed by atoms with E-state index in [-0.39, 0.29) is 18.0 Å². The molecular formula is C17H11F2NO2S. The lowest BCUT2D eigenvalue weighted by atomic mass is 10.2. The molecule has 0 spiro atoms. The van der Waals surface area contributed by atoms with Crippen molar-refractivity contribution in [2.45, 2.75) is 6.42 Å². The van der Waals surface area contributed by atoms with Crippen LogP contribution in [-0.2, 0) is 11.2 Å². The van der Waals surface area contributed by atoms with Gasteiger partial charge in [-0.1, -0.05) is 0 Å². The number of ether oxygens (including phenoxy) is 1. The van der Waals surface area contributed by atoms with Crippen LogP contribution in [0, 0.1) is 11.6 Å². The number of carbonyl (C=O) groups is 1. The normalized spacial score (nSPS) is 10.5. The maximum Gasteiger partial charge on any atom is 0.317 e. The first-order valence-electron chi connectivity index (χ1n) is 6.77. The topological polar surface area (TPSA) is 39.2 Å². The SMILES string of the molecule is O=C(Cc1csc(-c2ccc(F)cc2)n1)Oc1ccc(F)cc1. The number of carbonyl (C=O) groups excluding carboxylic acids is 1. The molecule has 1 aromatic heterocycles. The van der Waals surface area contributed by atoms with Gasteiger partial charge in [-0.25, -0.2) is 13.8 Å². The first kappa shape index (κ1) is 15.3. The van der Waals surface area contributed by atoms with Crippen molar-refractivity contribution in [3.05, 3.63) is 71.2 Å². The number of aromatic nitrogens is 1. The van der Waals surface area contributed by atoms with E-state index >= 15 is 0 Å². The largest absolute Gasteiger partial charge is 0.426 e. The molecule has 0 fully saturated rings. The van der Waals surface area contributed by atoms with Crippen LogP contribution in [0.15, 0.2) is 53.9 Å². The van der Waals surface area contributed by atoms with Crippen molar-refractivity contribution < 1.29 is 18.3 Å². The van der Waals surface area contributed by atoms with Gasteiger partial charge in [-0.15, -0.1) is 11.3 Å². The fraction of sp³-hybridized carbons (Fsp3) is 0.0588. The number of benzene rings is 2. The van der Waals surface area contributed by atoms with E-state index in [9.17, 15) is 13.6 Å². The van der Waals surface area contributed by atoms with Gasteiger partial charge in [0.2, 0.25) is 0 Å². The summed E-state index contributed by atoms with van der Waals surface area (Å²) >= 11 is 1.37. The molecule has 0 atom stereocenters. The molecular weight excluding hydrogens is 320 g/mol. The predicted molar refractivity (Wildman–Crippen MR) is 83.2 cm³/mol. The van der Waals surface area contributed by atoms with Crippen LogP contribution in [-0.4, -0.2) is 11.0 Å². The van der Waals surface area contributed by atoms with Crippen molar-refractivity contribution in [3.63, 3.8) is 0 Å². The van der Waals surface area contributed by atoms with E-state index in [2.05, 4.69) is 4.98 Å². The Morgan fingerprint density at radius 3 is 2.26 bits per heavy atom. The lowest BCUT2D eigenvalue weighted by molar-refractivity contribution is -0.133. The van der Waals surface area contributed by atoms with Crippen LogP contribution >= 0.6 is 11.3 Å². The van der Waals surface area contributed by atoms with E-state index in [4.69, 9.17) is 4.74 Å². The third-order valence-corrected chi connectivity index (χ3v) is 3.95. The van der Waals surface area contributed by atoms with Crippen LogP contribution in [0.2, 0.25) is 0 Å². The van der Waals surface area contributed by atoms with Gasteiger partial charge < -0.3 is 4.74 Å². The Balaban J connectivity index is 1.65. The van der Waals surface area contributed by atoms with Crippen molar-refractivity contribution in [1.82, 2.24) is 4.98 Å². The fourth-order valence-corrected chi connectivity index (χ4v) is 2.76. The summed E-state index contributed by atoms with van der Waals surface area (Å²) in [5.41, 5.74) is 1.36. The van der Waals surface area contributed by atoms with E-state index in [1.54, 1.807) is 17.5 Å². The molecule has 0 saturated heterocycles. The van der Waals surface area contributed by atoms with Crippen LogP contribution in [0.3, 0.4) is 0 Å². The Morgan fingerprint density at radius 2 is 1.61 bits per heavy atom. The van der Waals surface area contributed by atoms with Gasteiger partial charge >= 0.3 is 5.97 Å². The number of rotatable bonds is 4. The average Bonchev–Trinajstić information content (AvgIpc) is 2.98. The van der Waals surface area contributed by atoms with E-state index < -0.39 is 11.8 Å². The number of halogens is 2. The van der Waals surface area contributed by atoms with Crippen molar-refractivity contribution >= 4 is 17.3 Å². The monoisotopic (exact) mass is 331 g/mol. The highest BCUT2D eigenvalue weighted by molar-refractivity contribution is 7.13. The van der Waals surface area contributed by atoms with E-state index in [0.29, 0.717) is 10.7 Å². The molecule has 6 heteroatoms. The second-order valence-electron chi connectivity index (χ2n) is 4.76. The molecule has 0 aliphatic rings. The molecule has 0 bridgehead atoms. The van der Waals surface area contributed by atoms with Gasteiger partial charge in [-0.05, 0) is 48.5 Å². The molecule has 0 aliphatic heterocycles. The third kappa shape index (κ3) is 3.98. The quantitative estimate of drug-likeness (QED) is 0.530. The van der Waals surface area contributed by atoms with E-state index in [1.807, 2.05) is 0 Å². The molecule has 2 aromatic carbocycles. The molecule has 0 amide bonds. The van der Waals surface area contributed by atoms with Crippen LogP contribution in [0.4, 0.5) is 8.78 Å². The second-order valence-corrected chi connectivity index (χ2v) is 5.61. The summed E-state index contributed by atoms with van der Waals surface area (Å²) in [4.78, 5) is 16.2. The van der Waals surface area contributed by atoms with Crippen LogP contribution in [0.5, 0.6) is 5.75 Å². The molecule has 3 rings (SSSR count). The zero-order valence-electron chi connectivity index (χ0n) is 11.8. The summed E-state index contributed by atoms with van der Waals surface area (Å²) in [5, 5.41) is 2.46. The highest BCUT2D eigenvalue weighted by atomic mass is 32.1. The molecule has 3 nitrogen and oxygen atoms in total. The highest BCUT2D eigenvalue weighted by Crippen LogP contribution is 2.24. The lowest BCUT2D eigenvalue weighted by Gasteiger charge is -2.02. The second kappa shape index (κ2) is 6.66. The summed E-state index contributed by atoms with van der Waals surface area (Å²) in [6, 6.07) is 11.2. The molecule has 0 N–H and O–H groups in total. The minimum absolute atomic E-state index is 0.00900. The molecule has 3 aromatic rings. The minimum Gasteiger partial charge on any atom is -0.426 e. The Hall–Kier alpha value is -2.60. The van der Waals surface area contributed by atoms with E-state index in [0.717, 1.165) is 5.56 Å². The summed E-state index contributed by atoms with van der Waals surface area (Å²) < 4.78 is 30.8. The van der Waals surface area contributed by atoms with Crippen molar-refractivity contribution in [2.75, 3.05) is 0 Å². The summed E-state index contributed by atoms with van der Waals surface area (Å²) in [6.07, 6.45) is 0.00900. The number of hydrogen-bond donors (Lipinski definition) is 0.